The van der Waals surface area contributed by atoms with Crippen molar-refractivity contribution < 1.29 is 4.74 Å². The van der Waals surface area contributed by atoms with Crippen LogP contribution in [0.3, 0.4) is 0 Å². The number of nitrogens with zero attached hydrogens (tertiary/aromatic N) is 1. The van der Waals surface area contributed by atoms with Crippen LogP contribution in [0.1, 0.15) is 44.5 Å². The second kappa shape index (κ2) is 14.8. The van der Waals surface area contributed by atoms with Crippen LogP contribution in [0.25, 0.3) is 55.6 Å². The fourth-order valence-corrected chi connectivity index (χ4v) is 13.0. The standard InChI is InChI=1S/C68H43NO/c1-3-19-44(20-4-1)46-35-38-54-55-39-36-47(42-62(55)68(61(54)41-46)58-30-14-9-26-52(58)53-27-10-15-31-59(53)68)69(64-33-17-11-23-49(64)45-21-5-2-6-22-45)48-37-40-66-63(43-48)67(60-32-16-18-34-65(60)70-66)56-28-12-7-24-50(56)51-25-8-13-29-57(51)67/h1-43H. The molecular formula is C68H43NO. The first-order valence-corrected chi connectivity index (χ1v) is 24.3. The Hall–Kier alpha value is -8.98. The topological polar surface area (TPSA) is 12.5 Å². The summed E-state index contributed by atoms with van der Waals surface area (Å²) in [5.74, 6) is 1.75. The summed E-state index contributed by atoms with van der Waals surface area (Å²) in [5, 5.41) is 0. The Morgan fingerprint density at radius 2 is 0.643 bits per heavy atom. The zero-order valence-electron chi connectivity index (χ0n) is 38.2. The van der Waals surface area contributed by atoms with E-state index in [0.717, 1.165) is 50.8 Å². The molecule has 0 unspecified atom stereocenters. The zero-order chi connectivity index (χ0) is 46.0. The van der Waals surface area contributed by atoms with Crippen LogP contribution in [0.4, 0.5) is 17.1 Å². The zero-order valence-corrected chi connectivity index (χ0v) is 38.2. The van der Waals surface area contributed by atoms with E-state index in [-0.39, 0.29) is 0 Å². The summed E-state index contributed by atoms with van der Waals surface area (Å²) >= 11 is 0. The van der Waals surface area contributed by atoms with E-state index in [1.54, 1.807) is 0 Å². The Morgan fingerprint density at radius 1 is 0.243 bits per heavy atom. The number of para-hydroxylation sites is 2. The molecule has 0 N–H and O–H groups in total. The van der Waals surface area contributed by atoms with Crippen molar-refractivity contribution in [3.8, 4) is 67.1 Å². The van der Waals surface area contributed by atoms with Crippen LogP contribution in [0.2, 0.25) is 0 Å². The molecule has 15 rings (SSSR count). The number of benzene rings is 11. The monoisotopic (exact) mass is 889 g/mol. The third kappa shape index (κ3) is 5.17. The molecule has 1 aliphatic heterocycles. The Bertz CT molecular complexity index is 3850. The molecule has 1 heterocycles. The number of ether oxygens (including phenoxy) is 1. The van der Waals surface area contributed by atoms with Crippen molar-refractivity contribution >= 4 is 17.1 Å². The molecule has 0 aromatic heterocycles. The van der Waals surface area contributed by atoms with E-state index in [9.17, 15) is 0 Å². The molecule has 4 aliphatic rings. The average Bonchev–Trinajstić information content (AvgIpc) is 4.02. The van der Waals surface area contributed by atoms with E-state index in [0.29, 0.717) is 0 Å². The molecule has 3 aliphatic carbocycles. The summed E-state index contributed by atoms with van der Waals surface area (Å²) < 4.78 is 6.98. The van der Waals surface area contributed by atoms with Crippen molar-refractivity contribution in [2.24, 2.45) is 0 Å². The predicted octanol–water partition coefficient (Wildman–Crippen LogP) is 17.3. The van der Waals surface area contributed by atoms with Gasteiger partial charge in [-0.15, -0.1) is 0 Å². The highest BCUT2D eigenvalue weighted by Gasteiger charge is 2.53. The Kier molecular flexibility index (Phi) is 8.24. The van der Waals surface area contributed by atoms with E-state index in [1.807, 2.05) is 0 Å². The lowest BCUT2D eigenvalue weighted by molar-refractivity contribution is 0.436. The Balaban J connectivity index is 1.02. The summed E-state index contributed by atoms with van der Waals surface area (Å²) in [4.78, 5) is 2.50. The molecule has 2 spiro atoms. The molecule has 70 heavy (non-hydrogen) atoms. The van der Waals surface area contributed by atoms with Crippen LogP contribution in [0, 0.1) is 0 Å². The molecule has 0 saturated heterocycles. The van der Waals surface area contributed by atoms with Gasteiger partial charge in [0.2, 0.25) is 0 Å². The molecule has 0 saturated carbocycles. The SMILES string of the molecule is c1ccc(-c2ccc3c(c2)C2(c4ccccc4-c4ccccc42)c2cc(N(c4ccc5c(c4)C4(c6ccccc6O5)c5ccccc5-c5ccccc54)c4ccccc4-c4ccccc4)ccc2-3)cc1. The van der Waals surface area contributed by atoms with Gasteiger partial charge >= 0.3 is 0 Å². The third-order valence-electron chi connectivity index (χ3n) is 15.8. The predicted molar refractivity (Wildman–Crippen MR) is 286 cm³/mol. The van der Waals surface area contributed by atoms with Gasteiger partial charge in [0.05, 0.1) is 16.5 Å². The maximum absolute atomic E-state index is 6.98. The normalized spacial score (nSPS) is 14.1. The minimum atomic E-state index is -0.616. The van der Waals surface area contributed by atoms with E-state index in [2.05, 4.69) is 266 Å². The van der Waals surface area contributed by atoms with Gasteiger partial charge in [-0.05, 0) is 132 Å². The van der Waals surface area contributed by atoms with Gasteiger partial charge in [0.25, 0.3) is 0 Å². The van der Waals surface area contributed by atoms with E-state index in [1.165, 1.54) is 77.9 Å². The van der Waals surface area contributed by atoms with Crippen LogP contribution >= 0.6 is 0 Å². The first-order valence-electron chi connectivity index (χ1n) is 24.3. The Labute approximate surface area is 408 Å². The lowest BCUT2D eigenvalue weighted by Crippen LogP contribution is -2.32. The van der Waals surface area contributed by atoms with Crippen LogP contribution in [-0.2, 0) is 10.8 Å². The number of hydrogen-bond donors (Lipinski definition) is 0. The van der Waals surface area contributed by atoms with E-state index < -0.39 is 10.8 Å². The molecule has 0 radical (unpaired) electrons. The molecule has 326 valence electrons. The van der Waals surface area contributed by atoms with Gasteiger partial charge in [-0.25, -0.2) is 0 Å². The highest BCUT2D eigenvalue weighted by Crippen LogP contribution is 2.65. The summed E-state index contributed by atoms with van der Waals surface area (Å²) in [6.07, 6.45) is 0. The lowest BCUT2D eigenvalue weighted by atomic mass is 9.66. The molecular weight excluding hydrogens is 847 g/mol. The summed E-state index contributed by atoms with van der Waals surface area (Å²) in [6.45, 7) is 0. The minimum Gasteiger partial charge on any atom is -0.457 e. The van der Waals surface area contributed by atoms with Gasteiger partial charge in [-0.1, -0.05) is 212 Å². The van der Waals surface area contributed by atoms with Crippen molar-refractivity contribution in [3.63, 3.8) is 0 Å². The van der Waals surface area contributed by atoms with Crippen LogP contribution < -0.4 is 9.64 Å². The molecule has 11 aromatic carbocycles. The van der Waals surface area contributed by atoms with Gasteiger partial charge in [0.1, 0.15) is 11.5 Å². The van der Waals surface area contributed by atoms with Gasteiger partial charge in [-0.2, -0.15) is 0 Å². The highest BCUT2D eigenvalue weighted by molar-refractivity contribution is 5.98. The van der Waals surface area contributed by atoms with E-state index >= 15 is 0 Å². The van der Waals surface area contributed by atoms with Gasteiger partial charge in [0, 0.05) is 28.1 Å². The van der Waals surface area contributed by atoms with Crippen LogP contribution in [0.15, 0.2) is 261 Å². The van der Waals surface area contributed by atoms with Crippen molar-refractivity contribution in [3.05, 3.63) is 305 Å². The lowest BCUT2D eigenvalue weighted by Gasteiger charge is -2.40. The van der Waals surface area contributed by atoms with Gasteiger partial charge in [-0.3, -0.25) is 0 Å². The van der Waals surface area contributed by atoms with Crippen molar-refractivity contribution in [2.75, 3.05) is 4.90 Å². The highest BCUT2D eigenvalue weighted by atomic mass is 16.5. The maximum Gasteiger partial charge on any atom is 0.132 e. The first-order chi connectivity index (χ1) is 34.7. The number of rotatable bonds is 5. The number of anilines is 3. The number of hydrogen-bond acceptors (Lipinski definition) is 2. The average molecular weight is 890 g/mol. The molecule has 0 amide bonds. The summed E-state index contributed by atoms with van der Waals surface area (Å²) in [7, 11) is 0. The third-order valence-corrected chi connectivity index (χ3v) is 15.8. The van der Waals surface area contributed by atoms with Crippen molar-refractivity contribution in [1.82, 2.24) is 0 Å². The quantitative estimate of drug-likeness (QED) is 0.171. The van der Waals surface area contributed by atoms with Crippen LogP contribution in [-0.4, -0.2) is 0 Å². The van der Waals surface area contributed by atoms with E-state index in [4.69, 9.17) is 4.74 Å². The fraction of sp³-hybridized carbons (Fsp3) is 0.0294. The smallest absolute Gasteiger partial charge is 0.132 e. The molecule has 0 fully saturated rings. The largest absolute Gasteiger partial charge is 0.457 e. The minimum absolute atomic E-state index is 0.558. The number of fused-ring (bicyclic) bond motifs is 19. The summed E-state index contributed by atoms with van der Waals surface area (Å²) in [5.41, 5.74) is 24.5. The maximum atomic E-state index is 6.98. The molecule has 2 nitrogen and oxygen atoms in total. The fourth-order valence-electron chi connectivity index (χ4n) is 13.0. The second-order valence-electron chi connectivity index (χ2n) is 19.0. The van der Waals surface area contributed by atoms with Crippen LogP contribution in [0.5, 0.6) is 11.5 Å². The van der Waals surface area contributed by atoms with Crippen molar-refractivity contribution in [1.29, 1.82) is 0 Å². The van der Waals surface area contributed by atoms with Crippen molar-refractivity contribution in [2.45, 2.75) is 10.8 Å². The van der Waals surface area contributed by atoms with Gasteiger partial charge < -0.3 is 9.64 Å². The second-order valence-corrected chi connectivity index (χ2v) is 19.0. The molecule has 2 heteroatoms. The molecule has 11 aromatic rings. The Morgan fingerprint density at radius 3 is 1.24 bits per heavy atom. The molecule has 0 atom stereocenters. The van der Waals surface area contributed by atoms with Gasteiger partial charge in [0.15, 0.2) is 0 Å². The summed E-state index contributed by atoms with van der Waals surface area (Å²) in [6, 6.07) is 96.6. The molecule has 0 bridgehead atoms. The first kappa shape index (κ1) is 39.1.